The summed E-state index contributed by atoms with van der Waals surface area (Å²) in [6.07, 6.45) is 2.60. The van der Waals surface area contributed by atoms with E-state index in [9.17, 15) is 4.39 Å². The minimum absolute atomic E-state index is 0.266. The van der Waals surface area contributed by atoms with E-state index in [1.165, 1.54) is 23.5 Å². The van der Waals surface area contributed by atoms with Gasteiger partial charge in [-0.2, -0.15) is 0 Å². The molecule has 0 spiro atoms. The highest BCUT2D eigenvalue weighted by atomic mass is 32.1. The molecule has 3 aromatic rings. The number of rotatable bonds is 6. The molecule has 2 aromatic heterocycles. The Kier molecular flexibility index (Phi) is 5.27. The lowest BCUT2D eigenvalue weighted by Gasteiger charge is -2.14. The van der Waals surface area contributed by atoms with E-state index in [1.54, 1.807) is 23.5 Å². The van der Waals surface area contributed by atoms with Gasteiger partial charge in [0, 0.05) is 35.5 Å². The molecule has 1 saturated heterocycles. The molecule has 0 amide bonds. The van der Waals surface area contributed by atoms with Gasteiger partial charge in [0.1, 0.15) is 23.2 Å². The molecule has 142 valence electrons. The summed E-state index contributed by atoms with van der Waals surface area (Å²) in [6, 6.07) is 8.24. The van der Waals surface area contributed by atoms with Crippen LogP contribution < -0.4 is 4.74 Å². The quantitative estimate of drug-likeness (QED) is 0.590. The summed E-state index contributed by atoms with van der Waals surface area (Å²) in [5, 5.41) is 2.97. The molecule has 1 unspecified atom stereocenters. The van der Waals surface area contributed by atoms with Crippen molar-refractivity contribution in [1.29, 1.82) is 0 Å². The maximum Gasteiger partial charge on any atom is 0.140 e. The van der Waals surface area contributed by atoms with Crippen molar-refractivity contribution in [2.75, 3.05) is 6.61 Å². The molecule has 1 atom stereocenters. The topological polar surface area (TPSA) is 36.3 Å². The van der Waals surface area contributed by atoms with Crippen molar-refractivity contribution in [3.8, 4) is 17.0 Å². The molecule has 1 aliphatic heterocycles. The van der Waals surface area contributed by atoms with E-state index in [-0.39, 0.29) is 5.82 Å². The molecule has 0 saturated carbocycles. The Morgan fingerprint density at radius 2 is 2.11 bits per heavy atom. The van der Waals surface area contributed by atoms with Crippen LogP contribution in [-0.4, -0.2) is 22.3 Å². The Morgan fingerprint density at radius 3 is 2.85 bits per heavy atom. The second-order valence-electron chi connectivity index (χ2n) is 6.90. The van der Waals surface area contributed by atoms with E-state index in [4.69, 9.17) is 14.5 Å². The predicted molar refractivity (Wildman–Crippen MR) is 105 cm³/mol. The van der Waals surface area contributed by atoms with Gasteiger partial charge in [-0.3, -0.25) is 0 Å². The normalized spacial score (nSPS) is 16.8. The number of nitrogens with zero attached hydrogens (tertiary/aromatic N) is 2. The third-order valence-electron chi connectivity index (χ3n) is 4.99. The van der Waals surface area contributed by atoms with Crippen molar-refractivity contribution in [3.63, 3.8) is 0 Å². The molecule has 6 heteroatoms. The monoisotopic (exact) mass is 386 g/mol. The largest absolute Gasteiger partial charge is 0.486 e. The zero-order valence-electron chi connectivity index (χ0n) is 15.6. The van der Waals surface area contributed by atoms with Gasteiger partial charge < -0.3 is 14.0 Å². The third-order valence-corrected chi connectivity index (χ3v) is 5.81. The van der Waals surface area contributed by atoms with Crippen LogP contribution in [0.2, 0.25) is 0 Å². The molecule has 1 fully saturated rings. The average Bonchev–Trinajstić information content (AvgIpc) is 3.39. The Bertz CT molecular complexity index is 911. The first-order chi connectivity index (χ1) is 13.1. The number of ether oxygens (including phenoxy) is 2. The van der Waals surface area contributed by atoms with Gasteiger partial charge in [0.2, 0.25) is 0 Å². The molecular formula is C21H23FN2O2S. The van der Waals surface area contributed by atoms with Crippen LogP contribution in [0.5, 0.6) is 5.75 Å². The Morgan fingerprint density at radius 1 is 1.30 bits per heavy atom. The molecule has 0 aliphatic carbocycles. The van der Waals surface area contributed by atoms with E-state index < -0.39 is 0 Å². The van der Waals surface area contributed by atoms with E-state index in [1.807, 2.05) is 0 Å². The van der Waals surface area contributed by atoms with Gasteiger partial charge in [0.05, 0.1) is 11.8 Å². The van der Waals surface area contributed by atoms with E-state index in [2.05, 4.69) is 29.9 Å². The highest BCUT2D eigenvalue weighted by Crippen LogP contribution is 2.29. The van der Waals surface area contributed by atoms with E-state index in [0.717, 1.165) is 42.3 Å². The van der Waals surface area contributed by atoms with Crippen molar-refractivity contribution >= 4 is 11.3 Å². The lowest BCUT2D eigenvalue weighted by molar-refractivity contribution is 0.0962. The summed E-state index contributed by atoms with van der Waals surface area (Å²) in [4.78, 5) is 4.74. The van der Waals surface area contributed by atoms with Gasteiger partial charge in [-0.05, 0) is 57.0 Å². The molecule has 1 aromatic carbocycles. The van der Waals surface area contributed by atoms with E-state index in [0.29, 0.717) is 18.5 Å². The molecule has 4 nitrogen and oxygen atoms in total. The van der Waals surface area contributed by atoms with Gasteiger partial charge in [0.25, 0.3) is 0 Å². The lowest BCUT2D eigenvalue weighted by Crippen LogP contribution is -2.16. The smallest absolute Gasteiger partial charge is 0.140 e. The minimum Gasteiger partial charge on any atom is -0.486 e. The van der Waals surface area contributed by atoms with Gasteiger partial charge >= 0.3 is 0 Å². The number of benzene rings is 1. The number of hydrogen-bond donors (Lipinski definition) is 0. The standard InChI is InChI=1S/C21H23FN2O2S/c1-14-10-19(15(2)24(14)11-18-4-3-9-25-18)20-13-27-21(23-20)12-26-17-7-5-16(22)6-8-17/h5-8,10,13,18H,3-4,9,11-12H2,1-2H3. The van der Waals surface area contributed by atoms with Gasteiger partial charge in [-0.1, -0.05) is 0 Å². The SMILES string of the molecule is Cc1cc(-c2csc(COc3ccc(F)cc3)n2)c(C)n1CC1CCCO1. The van der Waals surface area contributed by atoms with Gasteiger partial charge in [0.15, 0.2) is 0 Å². The van der Waals surface area contributed by atoms with E-state index >= 15 is 0 Å². The molecule has 0 N–H and O–H groups in total. The highest BCUT2D eigenvalue weighted by molar-refractivity contribution is 7.09. The first-order valence-corrected chi connectivity index (χ1v) is 10.1. The van der Waals surface area contributed by atoms with Crippen LogP contribution in [0, 0.1) is 19.7 Å². The summed E-state index contributed by atoms with van der Waals surface area (Å²) in [6.45, 7) is 6.44. The minimum atomic E-state index is -0.266. The molecule has 1 aliphatic rings. The van der Waals surface area contributed by atoms with Crippen LogP contribution in [0.3, 0.4) is 0 Å². The second kappa shape index (κ2) is 7.82. The molecule has 0 bridgehead atoms. The number of aryl methyl sites for hydroxylation is 1. The fourth-order valence-electron chi connectivity index (χ4n) is 3.51. The predicted octanol–water partition coefficient (Wildman–Crippen LogP) is 5.13. The molecule has 4 rings (SSSR count). The van der Waals surface area contributed by atoms with Gasteiger partial charge in [-0.15, -0.1) is 11.3 Å². The fraction of sp³-hybridized carbons (Fsp3) is 0.381. The van der Waals surface area contributed by atoms with Gasteiger partial charge in [-0.25, -0.2) is 9.37 Å². The highest BCUT2D eigenvalue weighted by Gasteiger charge is 2.20. The van der Waals surface area contributed by atoms with Crippen LogP contribution in [0.1, 0.15) is 29.2 Å². The summed E-state index contributed by atoms with van der Waals surface area (Å²) in [5.74, 6) is 0.375. The number of aromatic nitrogens is 2. The fourth-order valence-corrected chi connectivity index (χ4v) is 4.22. The summed E-state index contributed by atoms with van der Waals surface area (Å²) in [5.41, 5.74) is 4.59. The molecule has 3 heterocycles. The molecular weight excluding hydrogens is 363 g/mol. The van der Waals surface area contributed by atoms with Crippen LogP contribution in [-0.2, 0) is 17.9 Å². The zero-order chi connectivity index (χ0) is 18.8. The average molecular weight is 386 g/mol. The summed E-state index contributed by atoms with van der Waals surface area (Å²) in [7, 11) is 0. The Labute approximate surface area is 162 Å². The van der Waals surface area contributed by atoms with Crippen molar-refractivity contribution in [2.24, 2.45) is 0 Å². The number of hydrogen-bond acceptors (Lipinski definition) is 4. The van der Waals surface area contributed by atoms with Crippen LogP contribution in [0.15, 0.2) is 35.7 Å². The van der Waals surface area contributed by atoms with Crippen molar-refractivity contribution < 1.29 is 13.9 Å². The van der Waals surface area contributed by atoms with Crippen LogP contribution >= 0.6 is 11.3 Å². The maximum absolute atomic E-state index is 13.0. The number of thiazole rings is 1. The van der Waals surface area contributed by atoms with Crippen molar-refractivity contribution in [3.05, 3.63) is 57.9 Å². The summed E-state index contributed by atoms with van der Waals surface area (Å²) < 4.78 is 26.8. The molecule has 0 radical (unpaired) electrons. The first kappa shape index (κ1) is 18.2. The van der Waals surface area contributed by atoms with Crippen LogP contribution in [0.4, 0.5) is 4.39 Å². The second-order valence-corrected chi connectivity index (χ2v) is 7.84. The maximum atomic E-state index is 13.0. The van der Waals surface area contributed by atoms with Crippen molar-refractivity contribution in [1.82, 2.24) is 9.55 Å². The first-order valence-electron chi connectivity index (χ1n) is 9.21. The Balaban J connectivity index is 1.46. The van der Waals surface area contributed by atoms with Crippen LogP contribution in [0.25, 0.3) is 11.3 Å². The third kappa shape index (κ3) is 4.06. The molecule has 27 heavy (non-hydrogen) atoms. The number of halogens is 1. The lowest BCUT2D eigenvalue weighted by atomic mass is 10.2. The Hall–Kier alpha value is -2.18. The zero-order valence-corrected chi connectivity index (χ0v) is 16.4. The van der Waals surface area contributed by atoms with Crippen molar-refractivity contribution in [2.45, 2.75) is 45.9 Å². The summed E-state index contributed by atoms with van der Waals surface area (Å²) >= 11 is 1.58.